The van der Waals surface area contributed by atoms with Gasteiger partial charge in [0.2, 0.25) is 5.91 Å². The summed E-state index contributed by atoms with van der Waals surface area (Å²) in [5.41, 5.74) is 9.99. The van der Waals surface area contributed by atoms with E-state index in [1.54, 1.807) is 12.1 Å². The minimum Gasteiger partial charge on any atom is -0.480 e. The molecule has 0 saturated carbocycles. The standard InChI is InChI=1S/C10H10O4.C4H8N2O3/c1-13-9(11)7-5-3-4-6-8(7)10(12)14-2;5-2(4(8)9)1-3(6)7/h3-6H,1-2H3;2H,1,5H2,(H2,6,7)(H,8,9). The van der Waals surface area contributed by atoms with Crippen molar-refractivity contribution in [3.63, 3.8) is 0 Å². The summed E-state index contributed by atoms with van der Waals surface area (Å²) in [6, 6.07) is 5.16. The van der Waals surface area contributed by atoms with E-state index in [0.29, 0.717) is 0 Å². The molecular formula is C14H18N2O7. The molecule has 9 heteroatoms. The molecule has 0 aliphatic rings. The van der Waals surface area contributed by atoms with Crippen molar-refractivity contribution in [1.82, 2.24) is 0 Å². The van der Waals surface area contributed by atoms with E-state index in [9.17, 15) is 19.2 Å². The van der Waals surface area contributed by atoms with Crippen LogP contribution in [0.1, 0.15) is 27.1 Å². The lowest BCUT2D eigenvalue weighted by Crippen LogP contribution is -2.34. The molecule has 0 heterocycles. The first-order valence-corrected chi connectivity index (χ1v) is 6.26. The highest BCUT2D eigenvalue weighted by molar-refractivity contribution is 6.03. The van der Waals surface area contributed by atoms with Crippen LogP contribution in [-0.2, 0) is 19.1 Å². The molecular weight excluding hydrogens is 308 g/mol. The lowest BCUT2D eigenvalue weighted by atomic mass is 10.1. The fraction of sp³-hybridized carbons (Fsp3) is 0.286. The normalized spacial score (nSPS) is 10.6. The second-order valence-corrected chi connectivity index (χ2v) is 4.14. The molecule has 0 spiro atoms. The van der Waals surface area contributed by atoms with E-state index in [0.717, 1.165) is 0 Å². The predicted octanol–water partition coefficient (Wildman–Crippen LogP) is -0.466. The lowest BCUT2D eigenvalue weighted by Gasteiger charge is -2.04. The van der Waals surface area contributed by atoms with Gasteiger partial charge >= 0.3 is 17.9 Å². The van der Waals surface area contributed by atoms with E-state index in [-0.39, 0.29) is 17.5 Å². The van der Waals surface area contributed by atoms with Crippen molar-refractivity contribution in [1.29, 1.82) is 0 Å². The quantitative estimate of drug-likeness (QED) is 0.612. The smallest absolute Gasteiger partial charge is 0.338 e. The van der Waals surface area contributed by atoms with E-state index in [1.807, 2.05) is 0 Å². The highest BCUT2D eigenvalue weighted by Gasteiger charge is 2.16. The number of amides is 1. The van der Waals surface area contributed by atoms with Crippen molar-refractivity contribution in [3.8, 4) is 0 Å². The van der Waals surface area contributed by atoms with Crippen molar-refractivity contribution < 1.29 is 33.8 Å². The van der Waals surface area contributed by atoms with Crippen LogP contribution in [0.25, 0.3) is 0 Å². The zero-order chi connectivity index (χ0) is 18.0. The molecule has 1 unspecified atom stereocenters. The number of carbonyl (C=O) groups is 4. The zero-order valence-corrected chi connectivity index (χ0v) is 12.6. The number of aliphatic carboxylic acids is 1. The SMILES string of the molecule is COC(=O)c1ccccc1C(=O)OC.NC(=O)CC(N)C(=O)O. The molecule has 0 bridgehead atoms. The third kappa shape index (κ3) is 7.05. The van der Waals surface area contributed by atoms with Crippen LogP contribution in [0, 0.1) is 0 Å². The molecule has 1 aromatic carbocycles. The fourth-order valence-electron chi connectivity index (χ4n) is 1.36. The fourth-order valence-corrected chi connectivity index (χ4v) is 1.36. The van der Waals surface area contributed by atoms with Crippen LogP contribution in [-0.4, -0.2) is 49.2 Å². The van der Waals surface area contributed by atoms with Gasteiger partial charge in [0.05, 0.1) is 31.8 Å². The largest absolute Gasteiger partial charge is 0.480 e. The Morgan fingerprint density at radius 3 is 1.65 bits per heavy atom. The number of carboxylic acid groups (broad SMARTS) is 1. The summed E-state index contributed by atoms with van der Waals surface area (Å²) in [4.78, 5) is 42.3. The second-order valence-electron chi connectivity index (χ2n) is 4.14. The van der Waals surface area contributed by atoms with Crippen LogP contribution in [0.4, 0.5) is 0 Å². The van der Waals surface area contributed by atoms with Gasteiger partial charge in [-0.2, -0.15) is 0 Å². The maximum atomic E-state index is 11.2. The number of carbonyl (C=O) groups excluding carboxylic acids is 3. The van der Waals surface area contributed by atoms with Crippen LogP contribution in [0.2, 0.25) is 0 Å². The summed E-state index contributed by atoms with van der Waals surface area (Å²) in [6.45, 7) is 0. The molecule has 0 aromatic heterocycles. The highest BCUT2D eigenvalue weighted by Crippen LogP contribution is 2.10. The molecule has 0 saturated heterocycles. The Labute approximate surface area is 132 Å². The monoisotopic (exact) mass is 326 g/mol. The van der Waals surface area contributed by atoms with Crippen molar-refractivity contribution in [2.24, 2.45) is 11.5 Å². The third-order valence-electron chi connectivity index (χ3n) is 2.48. The minimum atomic E-state index is -1.21. The first-order chi connectivity index (χ1) is 10.7. The molecule has 0 aliphatic carbocycles. The van der Waals surface area contributed by atoms with Gasteiger partial charge in [-0.25, -0.2) is 9.59 Å². The average molecular weight is 326 g/mol. The van der Waals surface area contributed by atoms with Gasteiger partial charge in [-0.1, -0.05) is 12.1 Å². The van der Waals surface area contributed by atoms with Gasteiger partial charge in [0.1, 0.15) is 6.04 Å². The Bertz CT molecular complexity index is 551. The molecule has 9 nitrogen and oxygen atoms in total. The Morgan fingerprint density at radius 1 is 1.04 bits per heavy atom. The summed E-state index contributed by atoms with van der Waals surface area (Å²) in [6.07, 6.45) is -0.310. The van der Waals surface area contributed by atoms with E-state index in [4.69, 9.17) is 10.8 Å². The number of carboxylic acids is 1. The van der Waals surface area contributed by atoms with Gasteiger partial charge in [-0.3, -0.25) is 9.59 Å². The predicted molar refractivity (Wildman–Crippen MR) is 78.5 cm³/mol. The first-order valence-electron chi connectivity index (χ1n) is 6.26. The Morgan fingerprint density at radius 2 is 1.43 bits per heavy atom. The van der Waals surface area contributed by atoms with Gasteiger partial charge in [-0.05, 0) is 12.1 Å². The molecule has 1 rings (SSSR count). The average Bonchev–Trinajstić information content (AvgIpc) is 2.53. The van der Waals surface area contributed by atoms with Crippen molar-refractivity contribution in [2.75, 3.05) is 14.2 Å². The number of ether oxygens (including phenoxy) is 2. The number of hydrogen-bond donors (Lipinski definition) is 3. The van der Waals surface area contributed by atoms with E-state index in [1.165, 1.54) is 26.4 Å². The Hall–Kier alpha value is -2.94. The number of esters is 2. The maximum Gasteiger partial charge on any atom is 0.338 e. The molecule has 1 aromatic rings. The Balaban J connectivity index is 0.000000468. The van der Waals surface area contributed by atoms with Crippen LogP contribution >= 0.6 is 0 Å². The highest BCUT2D eigenvalue weighted by atomic mass is 16.5. The van der Waals surface area contributed by atoms with Gasteiger partial charge in [0.25, 0.3) is 0 Å². The van der Waals surface area contributed by atoms with Crippen LogP contribution < -0.4 is 11.5 Å². The maximum absolute atomic E-state index is 11.2. The molecule has 0 aliphatic heterocycles. The molecule has 1 atom stereocenters. The number of hydrogen-bond acceptors (Lipinski definition) is 7. The molecule has 0 fully saturated rings. The molecule has 0 radical (unpaired) electrons. The van der Waals surface area contributed by atoms with Crippen molar-refractivity contribution >= 4 is 23.8 Å². The molecule has 5 N–H and O–H groups in total. The zero-order valence-electron chi connectivity index (χ0n) is 12.6. The van der Waals surface area contributed by atoms with E-state index >= 15 is 0 Å². The summed E-state index contributed by atoms with van der Waals surface area (Å²) in [7, 11) is 2.52. The lowest BCUT2D eigenvalue weighted by molar-refractivity contribution is -0.140. The third-order valence-corrected chi connectivity index (χ3v) is 2.48. The van der Waals surface area contributed by atoms with Crippen LogP contribution in [0.5, 0.6) is 0 Å². The number of nitrogens with two attached hydrogens (primary N) is 2. The Kier molecular flexibility index (Phi) is 8.63. The number of benzene rings is 1. The number of methoxy groups -OCH3 is 2. The molecule has 23 heavy (non-hydrogen) atoms. The first kappa shape index (κ1) is 20.1. The second kappa shape index (κ2) is 9.90. The number of rotatable bonds is 5. The molecule has 126 valence electrons. The number of primary amides is 1. The minimum absolute atomic E-state index is 0.210. The van der Waals surface area contributed by atoms with E-state index in [2.05, 4.69) is 15.2 Å². The van der Waals surface area contributed by atoms with Crippen LogP contribution in [0.3, 0.4) is 0 Å². The van der Waals surface area contributed by atoms with E-state index < -0.39 is 29.9 Å². The molecule has 1 amide bonds. The summed E-state index contributed by atoms with van der Waals surface area (Å²) in [5, 5.41) is 8.10. The van der Waals surface area contributed by atoms with Gasteiger partial charge in [0.15, 0.2) is 0 Å². The summed E-state index contributed by atoms with van der Waals surface area (Å²) in [5.74, 6) is -3.02. The topological polar surface area (TPSA) is 159 Å². The van der Waals surface area contributed by atoms with Crippen LogP contribution in [0.15, 0.2) is 24.3 Å². The van der Waals surface area contributed by atoms with Gasteiger partial charge < -0.3 is 26.0 Å². The van der Waals surface area contributed by atoms with Crippen molar-refractivity contribution in [2.45, 2.75) is 12.5 Å². The summed E-state index contributed by atoms with van der Waals surface area (Å²) >= 11 is 0. The van der Waals surface area contributed by atoms with Crippen molar-refractivity contribution in [3.05, 3.63) is 35.4 Å². The summed E-state index contributed by atoms with van der Waals surface area (Å²) < 4.78 is 9.05. The van der Waals surface area contributed by atoms with Gasteiger partial charge in [-0.15, -0.1) is 0 Å². The van der Waals surface area contributed by atoms with Gasteiger partial charge in [0, 0.05) is 0 Å².